The molecule has 22 heavy (non-hydrogen) atoms. The zero-order chi connectivity index (χ0) is 15.9. The Balaban J connectivity index is 2.05. The molecule has 1 aromatic carbocycles. The number of hydrogen-bond donors (Lipinski definition) is 1. The zero-order valence-electron chi connectivity index (χ0n) is 12.8. The van der Waals surface area contributed by atoms with Crippen molar-refractivity contribution in [2.75, 3.05) is 11.1 Å². The summed E-state index contributed by atoms with van der Waals surface area (Å²) < 4.78 is 0.773. The van der Waals surface area contributed by atoms with E-state index < -0.39 is 0 Å². The van der Waals surface area contributed by atoms with E-state index in [0.717, 1.165) is 34.4 Å². The van der Waals surface area contributed by atoms with Gasteiger partial charge in [0.1, 0.15) is 0 Å². The summed E-state index contributed by atoms with van der Waals surface area (Å²) >= 11 is 1.24. The Morgan fingerprint density at radius 2 is 1.82 bits per heavy atom. The van der Waals surface area contributed by atoms with Gasteiger partial charge in [0, 0.05) is 17.8 Å². The number of anilines is 1. The normalized spacial score (nSPS) is 10.5. The van der Waals surface area contributed by atoms with Gasteiger partial charge in [-0.15, -0.1) is 0 Å². The molecule has 0 saturated heterocycles. The number of carbonyl (C=O) groups excluding carboxylic acids is 1. The average Bonchev–Trinajstić information content (AvgIpc) is 2.54. The third kappa shape index (κ3) is 4.01. The topological polar surface area (TPSA) is 56.0 Å². The predicted octanol–water partition coefficient (Wildman–Crippen LogP) is 3.18. The van der Waals surface area contributed by atoms with Crippen LogP contribution in [0.15, 0.2) is 47.6 Å². The molecule has 2 rings (SSSR count). The van der Waals surface area contributed by atoms with Crippen LogP contribution in [0.25, 0.3) is 0 Å². The lowest BCUT2D eigenvalue weighted by atomic mass is 10.0. The van der Waals surface area contributed by atoms with Gasteiger partial charge in [-0.2, -0.15) is 4.73 Å². The summed E-state index contributed by atoms with van der Waals surface area (Å²) in [5.41, 5.74) is 3.19. The molecular formula is C17H20N2O2S. The second kappa shape index (κ2) is 7.84. The Hall–Kier alpha value is -2.01. The summed E-state index contributed by atoms with van der Waals surface area (Å²) in [6.45, 7) is 4.15. The molecule has 0 bridgehead atoms. The van der Waals surface area contributed by atoms with Crippen LogP contribution in [-0.2, 0) is 17.6 Å². The Kier molecular flexibility index (Phi) is 5.83. The van der Waals surface area contributed by atoms with Gasteiger partial charge < -0.3 is 10.5 Å². The number of thioether (sulfide) groups is 1. The van der Waals surface area contributed by atoms with Crippen LogP contribution in [0.4, 0.5) is 5.69 Å². The molecular weight excluding hydrogens is 296 g/mol. The van der Waals surface area contributed by atoms with Crippen LogP contribution in [0.5, 0.6) is 0 Å². The number of rotatable bonds is 6. The van der Waals surface area contributed by atoms with Crippen molar-refractivity contribution in [1.29, 1.82) is 0 Å². The number of para-hydroxylation sites is 1. The Bertz CT molecular complexity index is 637. The van der Waals surface area contributed by atoms with Crippen LogP contribution in [0, 0.1) is 5.21 Å². The number of pyridine rings is 1. The van der Waals surface area contributed by atoms with Gasteiger partial charge in [0.05, 0.1) is 5.75 Å². The zero-order valence-corrected chi connectivity index (χ0v) is 13.7. The smallest absolute Gasteiger partial charge is 0.251 e. The number of benzene rings is 1. The molecule has 0 aliphatic heterocycles. The molecule has 0 aliphatic carbocycles. The van der Waals surface area contributed by atoms with Crippen LogP contribution in [-0.4, -0.2) is 11.7 Å². The summed E-state index contributed by atoms with van der Waals surface area (Å²) in [4.78, 5) is 12.2. The molecule has 0 radical (unpaired) electrons. The third-order valence-corrected chi connectivity index (χ3v) is 4.42. The second-order valence-corrected chi connectivity index (χ2v) is 5.86. The maximum Gasteiger partial charge on any atom is 0.251 e. The van der Waals surface area contributed by atoms with Crippen LogP contribution >= 0.6 is 11.8 Å². The van der Waals surface area contributed by atoms with Gasteiger partial charge in [0.15, 0.2) is 6.20 Å². The molecule has 1 amide bonds. The van der Waals surface area contributed by atoms with Crippen molar-refractivity contribution in [2.45, 2.75) is 31.7 Å². The molecule has 1 N–H and O–H groups in total. The molecule has 4 nitrogen and oxygen atoms in total. The summed E-state index contributed by atoms with van der Waals surface area (Å²) in [6, 6.07) is 11.3. The number of carbonyl (C=O) groups is 1. The fourth-order valence-electron chi connectivity index (χ4n) is 2.24. The number of hydrogen-bond acceptors (Lipinski definition) is 3. The van der Waals surface area contributed by atoms with E-state index >= 15 is 0 Å². The highest BCUT2D eigenvalue weighted by atomic mass is 32.2. The maximum atomic E-state index is 12.2. The van der Waals surface area contributed by atoms with Crippen molar-refractivity contribution < 1.29 is 9.52 Å². The molecule has 0 aliphatic rings. The van der Waals surface area contributed by atoms with Crippen molar-refractivity contribution >= 4 is 23.4 Å². The number of nitrogens with zero attached hydrogens (tertiary/aromatic N) is 1. The highest BCUT2D eigenvalue weighted by Gasteiger charge is 2.12. The lowest BCUT2D eigenvalue weighted by Crippen LogP contribution is -2.28. The summed E-state index contributed by atoms with van der Waals surface area (Å²) in [6.07, 6.45) is 3.17. The minimum absolute atomic E-state index is 0.0931. The van der Waals surface area contributed by atoms with Crippen LogP contribution in [0.2, 0.25) is 0 Å². The Labute approximate surface area is 135 Å². The van der Waals surface area contributed by atoms with E-state index in [9.17, 15) is 10.0 Å². The average molecular weight is 316 g/mol. The van der Waals surface area contributed by atoms with Gasteiger partial charge in [-0.3, -0.25) is 4.79 Å². The summed E-state index contributed by atoms with van der Waals surface area (Å²) in [5, 5.41) is 15.1. The van der Waals surface area contributed by atoms with E-state index in [1.807, 2.05) is 18.2 Å². The lowest BCUT2D eigenvalue weighted by Gasteiger charge is -2.14. The largest absolute Gasteiger partial charge is 0.618 e. The first kappa shape index (κ1) is 16.4. The molecule has 0 unspecified atom stereocenters. The van der Waals surface area contributed by atoms with E-state index in [-0.39, 0.29) is 11.7 Å². The minimum atomic E-state index is -0.0931. The monoisotopic (exact) mass is 316 g/mol. The van der Waals surface area contributed by atoms with Gasteiger partial charge >= 0.3 is 0 Å². The molecule has 0 fully saturated rings. The first-order valence-corrected chi connectivity index (χ1v) is 8.35. The molecule has 1 aromatic heterocycles. The Morgan fingerprint density at radius 1 is 1.14 bits per heavy atom. The Morgan fingerprint density at radius 3 is 2.41 bits per heavy atom. The lowest BCUT2D eigenvalue weighted by molar-refractivity contribution is -0.645. The highest BCUT2D eigenvalue weighted by Crippen LogP contribution is 2.23. The quantitative estimate of drug-likeness (QED) is 0.506. The van der Waals surface area contributed by atoms with Crippen LogP contribution < -0.4 is 10.0 Å². The first-order valence-electron chi connectivity index (χ1n) is 7.37. The fraction of sp³-hybridized carbons (Fsp3) is 0.294. The third-order valence-electron chi connectivity index (χ3n) is 3.40. The fourth-order valence-corrected chi connectivity index (χ4v) is 2.96. The molecule has 1 heterocycles. The highest BCUT2D eigenvalue weighted by molar-refractivity contribution is 7.99. The van der Waals surface area contributed by atoms with E-state index in [1.165, 1.54) is 18.0 Å². The van der Waals surface area contributed by atoms with Gasteiger partial charge in [0.25, 0.3) is 5.03 Å². The van der Waals surface area contributed by atoms with Crippen molar-refractivity contribution in [2.24, 2.45) is 0 Å². The van der Waals surface area contributed by atoms with Gasteiger partial charge in [-0.25, -0.2) is 0 Å². The summed E-state index contributed by atoms with van der Waals surface area (Å²) in [5.74, 6) is 0.123. The SMILES string of the molecule is CCc1cccc(CC)c1NC(=O)CSc1cccc[n+]1[O-]. The molecule has 2 aromatic rings. The van der Waals surface area contributed by atoms with Crippen molar-refractivity contribution in [3.8, 4) is 0 Å². The van der Waals surface area contributed by atoms with E-state index in [4.69, 9.17) is 0 Å². The second-order valence-electron chi connectivity index (χ2n) is 4.86. The van der Waals surface area contributed by atoms with Gasteiger partial charge in [-0.1, -0.05) is 32.0 Å². The maximum absolute atomic E-state index is 12.2. The van der Waals surface area contributed by atoms with Crippen LogP contribution in [0.3, 0.4) is 0 Å². The molecule has 0 spiro atoms. The van der Waals surface area contributed by atoms with E-state index in [2.05, 4.69) is 19.2 Å². The van der Waals surface area contributed by atoms with Crippen molar-refractivity contribution in [1.82, 2.24) is 0 Å². The number of aryl methyl sites for hydroxylation is 2. The van der Waals surface area contributed by atoms with Crippen molar-refractivity contribution in [3.05, 3.63) is 58.9 Å². The first-order chi connectivity index (χ1) is 10.7. The summed E-state index contributed by atoms with van der Waals surface area (Å²) in [7, 11) is 0. The van der Waals surface area contributed by atoms with E-state index in [0.29, 0.717) is 5.03 Å². The minimum Gasteiger partial charge on any atom is -0.618 e. The van der Waals surface area contributed by atoms with Gasteiger partial charge in [0.2, 0.25) is 5.91 Å². The predicted molar refractivity (Wildman–Crippen MR) is 90.0 cm³/mol. The van der Waals surface area contributed by atoms with Gasteiger partial charge in [-0.05, 0) is 41.8 Å². The molecule has 0 atom stereocenters. The number of aromatic nitrogens is 1. The van der Waals surface area contributed by atoms with E-state index in [1.54, 1.807) is 18.2 Å². The number of nitrogens with one attached hydrogen (secondary N) is 1. The molecule has 5 heteroatoms. The number of amides is 1. The van der Waals surface area contributed by atoms with Crippen molar-refractivity contribution in [3.63, 3.8) is 0 Å². The molecule has 0 saturated carbocycles. The van der Waals surface area contributed by atoms with Crippen LogP contribution in [0.1, 0.15) is 25.0 Å². The standard InChI is InChI=1S/C17H20N2O2S/c1-3-13-8-7-9-14(4-2)17(13)18-15(20)12-22-16-10-5-6-11-19(16)21/h5-11H,3-4,12H2,1-2H3,(H,18,20). The molecule has 116 valence electrons.